The van der Waals surface area contributed by atoms with E-state index < -0.39 is 0 Å². The first-order valence-electron chi connectivity index (χ1n) is 11.6. The molecule has 2 aromatic carbocycles. The number of benzene rings is 2. The van der Waals surface area contributed by atoms with Crippen molar-refractivity contribution in [1.29, 1.82) is 0 Å². The Morgan fingerprint density at radius 3 is 2.53 bits per heavy atom. The third-order valence-corrected chi connectivity index (χ3v) is 5.95. The van der Waals surface area contributed by atoms with Crippen LogP contribution in [0.2, 0.25) is 5.02 Å². The van der Waals surface area contributed by atoms with E-state index in [1.807, 2.05) is 49.1 Å². The highest BCUT2D eigenvalue weighted by molar-refractivity contribution is 6.30. The van der Waals surface area contributed by atoms with Crippen molar-refractivity contribution in [2.45, 2.75) is 65.3 Å². The van der Waals surface area contributed by atoms with Crippen molar-refractivity contribution >= 4 is 28.4 Å². The van der Waals surface area contributed by atoms with Crippen LogP contribution >= 0.6 is 11.6 Å². The normalized spacial score (nSPS) is 12.1. The maximum atomic E-state index is 13.6. The van der Waals surface area contributed by atoms with Gasteiger partial charge in [0.25, 0.3) is 5.56 Å². The van der Waals surface area contributed by atoms with Gasteiger partial charge in [-0.05, 0) is 49.6 Å². The van der Waals surface area contributed by atoms with Crippen LogP contribution in [0, 0.1) is 0 Å². The van der Waals surface area contributed by atoms with Crippen LogP contribution < -0.4 is 5.56 Å². The average Bonchev–Trinajstić information content (AvgIpc) is 2.79. The van der Waals surface area contributed by atoms with Crippen molar-refractivity contribution in [1.82, 2.24) is 14.5 Å². The number of para-hydroxylation sites is 1. The van der Waals surface area contributed by atoms with Crippen LogP contribution in [0.25, 0.3) is 16.6 Å². The number of rotatable bonds is 10. The summed E-state index contributed by atoms with van der Waals surface area (Å²) in [5.41, 5.74) is 1.15. The summed E-state index contributed by atoms with van der Waals surface area (Å²) in [5, 5.41) is 1.09. The number of hydrogen-bond donors (Lipinski definition) is 0. The number of fused-ring (bicyclic) bond motifs is 1. The zero-order valence-electron chi connectivity index (χ0n) is 19.2. The Labute approximate surface area is 195 Å². The van der Waals surface area contributed by atoms with Crippen molar-refractivity contribution in [3.8, 4) is 5.69 Å². The summed E-state index contributed by atoms with van der Waals surface area (Å²) in [6.45, 7) is 6.86. The summed E-state index contributed by atoms with van der Waals surface area (Å²) >= 11 is 6.27. The molecule has 0 saturated carbocycles. The second kappa shape index (κ2) is 11.3. The average molecular weight is 454 g/mol. The highest BCUT2D eigenvalue weighted by atomic mass is 35.5. The Morgan fingerprint density at radius 2 is 1.84 bits per heavy atom. The molecule has 32 heavy (non-hydrogen) atoms. The first-order chi connectivity index (χ1) is 15.5. The van der Waals surface area contributed by atoms with Crippen molar-refractivity contribution < 1.29 is 4.79 Å². The van der Waals surface area contributed by atoms with Gasteiger partial charge in [0.05, 0.1) is 22.6 Å². The van der Waals surface area contributed by atoms with Gasteiger partial charge in [0.1, 0.15) is 5.82 Å². The van der Waals surface area contributed by atoms with Gasteiger partial charge in [-0.3, -0.25) is 14.2 Å². The molecule has 0 aliphatic carbocycles. The van der Waals surface area contributed by atoms with Gasteiger partial charge in [0, 0.05) is 18.0 Å². The van der Waals surface area contributed by atoms with Crippen LogP contribution in [0.3, 0.4) is 0 Å². The molecule has 1 unspecified atom stereocenters. The van der Waals surface area contributed by atoms with Gasteiger partial charge >= 0.3 is 0 Å². The van der Waals surface area contributed by atoms with E-state index in [0.717, 1.165) is 25.7 Å². The second-order valence-electron chi connectivity index (χ2n) is 8.08. The number of hydrogen-bond acceptors (Lipinski definition) is 3. The fourth-order valence-corrected chi connectivity index (χ4v) is 4.31. The molecule has 0 bridgehead atoms. The SMILES string of the molecule is CCCCCN(C(=O)CCC)C(CC)c1nc2ccccc2c(=O)n1-c1cccc(Cl)c1. The van der Waals surface area contributed by atoms with Gasteiger partial charge in [0.15, 0.2) is 0 Å². The van der Waals surface area contributed by atoms with Crippen LogP contribution in [0.5, 0.6) is 0 Å². The van der Waals surface area contributed by atoms with Crippen molar-refractivity contribution in [2.24, 2.45) is 0 Å². The molecule has 1 heterocycles. The van der Waals surface area contributed by atoms with E-state index in [9.17, 15) is 9.59 Å². The van der Waals surface area contributed by atoms with E-state index in [-0.39, 0.29) is 17.5 Å². The number of aromatic nitrogens is 2. The molecular formula is C26H32ClN3O2. The van der Waals surface area contributed by atoms with Gasteiger partial charge < -0.3 is 4.90 Å². The molecule has 170 valence electrons. The van der Waals surface area contributed by atoms with Crippen LogP contribution in [0.1, 0.15) is 71.2 Å². The minimum Gasteiger partial charge on any atom is -0.333 e. The molecule has 0 N–H and O–H groups in total. The van der Waals surface area contributed by atoms with Gasteiger partial charge in [-0.25, -0.2) is 4.98 Å². The van der Waals surface area contributed by atoms with Crippen molar-refractivity contribution in [3.63, 3.8) is 0 Å². The first kappa shape index (κ1) is 24.0. The molecule has 3 rings (SSSR count). The highest BCUT2D eigenvalue weighted by Crippen LogP contribution is 2.28. The summed E-state index contributed by atoms with van der Waals surface area (Å²) < 4.78 is 1.63. The monoisotopic (exact) mass is 453 g/mol. The molecular weight excluding hydrogens is 422 g/mol. The number of carbonyl (C=O) groups excluding carboxylic acids is 1. The molecule has 0 aliphatic heterocycles. The van der Waals surface area contributed by atoms with Crippen LogP contribution in [-0.4, -0.2) is 26.9 Å². The van der Waals surface area contributed by atoms with Crippen LogP contribution in [0.15, 0.2) is 53.3 Å². The Morgan fingerprint density at radius 1 is 1.06 bits per heavy atom. The number of carbonyl (C=O) groups is 1. The number of halogens is 1. The summed E-state index contributed by atoms with van der Waals surface area (Å²) in [7, 11) is 0. The molecule has 1 atom stereocenters. The molecule has 1 amide bonds. The lowest BCUT2D eigenvalue weighted by Gasteiger charge is -2.32. The lowest BCUT2D eigenvalue weighted by Crippen LogP contribution is -2.39. The van der Waals surface area contributed by atoms with E-state index in [1.54, 1.807) is 22.8 Å². The predicted molar refractivity (Wildman–Crippen MR) is 132 cm³/mol. The Hall–Kier alpha value is -2.66. The van der Waals surface area contributed by atoms with E-state index >= 15 is 0 Å². The smallest absolute Gasteiger partial charge is 0.266 e. The topological polar surface area (TPSA) is 55.2 Å². The first-order valence-corrected chi connectivity index (χ1v) is 12.0. The molecule has 0 spiro atoms. The maximum Gasteiger partial charge on any atom is 0.266 e. The highest BCUT2D eigenvalue weighted by Gasteiger charge is 2.28. The summed E-state index contributed by atoms with van der Waals surface area (Å²) in [6, 6.07) is 14.3. The molecule has 6 heteroatoms. The summed E-state index contributed by atoms with van der Waals surface area (Å²) in [6.07, 6.45) is 4.99. The summed E-state index contributed by atoms with van der Waals surface area (Å²) in [5.74, 6) is 0.690. The number of nitrogens with zero attached hydrogens (tertiary/aromatic N) is 3. The van der Waals surface area contributed by atoms with E-state index in [0.29, 0.717) is 46.8 Å². The molecule has 3 aromatic rings. The zero-order valence-corrected chi connectivity index (χ0v) is 19.9. The van der Waals surface area contributed by atoms with Gasteiger partial charge in [0.2, 0.25) is 5.91 Å². The van der Waals surface area contributed by atoms with E-state index in [1.165, 1.54) is 0 Å². The Balaban J connectivity index is 2.23. The van der Waals surface area contributed by atoms with Crippen molar-refractivity contribution in [2.75, 3.05) is 6.54 Å². The molecule has 0 saturated heterocycles. The molecule has 0 aliphatic rings. The molecule has 0 fully saturated rings. The standard InChI is InChI=1S/C26H32ClN3O2/c1-4-7-10-17-29(24(31)12-5-2)23(6-3)25-28-22-16-9-8-15-21(22)26(32)30(25)20-14-11-13-19(27)18-20/h8-9,11,13-16,18,23H,4-7,10,12,17H2,1-3H3. The summed E-state index contributed by atoms with van der Waals surface area (Å²) in [4.78, 5) is 33.6. The Kier molecular flexibility index (Phi) is 8.46. The zero-order chi connectivity index (χ0) is 23.1. The maximum absolute atomic E-state index is 13.6. The van der Waals surface area contributed by atoms with E-state index in [4.69, 9.17) is 16.6 Å². The largest absolute Gasteiger partial charge is 0.333 e. The van der Waals surface area contributed by atoms with Crippen LogP contribution in [0.4, 0.5) is 0 Å². The fourth-order valence-electron chi connectivity index (χ4n) is 4.12. The fraction of sp³-hybridized carbons (Fsp3) is 0.423. The lowest BCUT2D eigenvalue weighted by atomic mass is 10.1. The van der Waals surface area contributed by atoms with Crippen molar-refractivity contribution in [3.05, 3.63) is 69.7 Å². The molecule has 0 radical (unpaired) electrons. The van der Waals surface area contributed by atoms with E-state index in [2.05, 4.69) is 6.92 Å². The third kappa shape index (κ3) is 5.21. The minimum atomic E-state index is -0.304. The van der Waals surface area contributed by atoms with Gasteiger partial charge in [-0.1, -0.05) is 63.4 Å². The predicted octanol–water partition coefficient (Wildman–Crippen LogP) is 6.31. The number of amides is 1. The van der Waals surface area contributed by atoms with Crippen LogP contribution in [-0.2, 0) is 4.79 Å². The second-order valence-corrected chi connectivity index (χ2v) is 8.51. The quantitative estimate of drug-likeness (QED) is 0.338. The molecule has 5 nitrogen and oxygen atoms in total. The Bertz CT molecular complexity index is 1130. The lowest BCUT2D eigenvalue weighted by molar-refractivity contribution is -0.134. The van der Waals surface area contributed by atoms with Gasteiger partial charge in [-0.2, -0.15) is 0 Å². The molecule has 1 aromatic heterocycles. The third-order valence-electron chi connectivity index (χ3n) is 5.72. The number of unbranched alkanes of at least 4 members (excludes halogenated alkanes) is 2. The minimum absolute atomic E-state index is 0.107. The van der Waals surface area contributed by atoms with Gasteiger partial charge in [-0.15, -0.1) is 0 Å².